The van der Waals surface area contributed by atoms with Gasteiger partial charge in [0.25, 0.3) is 0 Å². The maximum Gasteiger partial charge on any atom is 0.315 e. The molecule has 1 aromatic rings. The average Bonchev–Trinajstić information content (AvgIpc) is 2.50. The second kappa shape index (κ2) is 11.1. The van der Waals surface area contributed by atoms with Crippen LogP contribution in [0.2, 0.25) is 10.0 Å². The van der Waals surface area contributed by atoms with Crippen molar-refractivity contribution in [1.29, 1.82) is 0 Å². The van der Waals surface area contributed by atoms with Crippen molar-refractivity contribution in [3.05, 3.63) is 33.8 Å². The first-order valence-corrected chi connectivity index (χ1v) is 8.39. The molecule has 0 aromatic heterocycles. The highest BCUT2D eigenvalue weighted by Gasteiger charge is 2.04. The SMILES string of the molecule is CCOC(=O)CCCCCNC(=O)NCc1ccc(Cl)cc1Cl. The van der Waals surface area contributed by atoms with Crippen molar-refractivity contribution in [3.8, 4) is 0 Å². The smallest absolute Gasteiger partial charge is 0.315 e. The molecule has 0 bridgehead atoms. The number of hydrogen-bond acceptors (Lipinski definition) is 3. The van der Waals surface area contributed by atoms with Crippen molar-refractivity contribution in [2.75, 3.05) is 13.2 Å². The Morgan fingerprint density at radius 2 is 1.91 bits per heavy atom. The van der Waals surface area contributed by atoms with Crippen LogP contribution in [0, 0.1) is 0 Å². The third-order valence-corrected chi connectivity index (χ3v) is 3.69. The van der Waals surface area contributed by atoms with E-state index in [4.69, 9.17) is 27.9 Å². The van der Waals surface area contributed by atoms with Crippen LogP contribution in [0.25, 0.3) is 0 Å². The van der Waals surface area contributed by atoms with E-state index in [2.05, 4.69) is 10.6 Å². The van der Waals surface area contributed by atoms with Crippen LogP contribution in [0.5, 0.6) is 0 Å². The van der Waals surface area contributed by atoms with Crippen LogP contribution in [0.3, 0.4) is 0 Å². The Kier molecular flexibility index (Phi) is 9.48. The first-order valence-electron chi connectivity index (χ1n) is 7.64. The zero-order valence-corrected chi connectivity index (χ0v) is 14.7. The highest BCUT2D eigenvalue weighted by molar-refractivity contribution is 6.35. The van der Waals surface area contributed by atoms with Crippen molar-refractivity contribution in [1.82, 2.24) is 10.6 Å². The molecule has 0 heterocycles. The Balaban J connectivity index is 2.09. The van der Waals surface area contributed by atoms with E-state index in [-0.39, 0.29) is 12.0 Å². The fourth-order valence-electron chi connectivity index (χ4n) is 1.91. The maximum atomic E-state index is 11.7. The van der Waals surface area contributed by atoms with Crippen LogP contribution in [0.4, 0.5) is 4.79 Å². The van der Waals surface area contributed by atoms with Gasteiger partial charge in [0, 0.05) is 29.6 Å². The lowest BCUT2D eigenvalue weighted by Gasteiger charge is -2.09. The highest BCUT2D eigenvalue weighted by atomic mass is 35.5. The van der Waals surface area contributed by atoms with Crippen molar-refractivity contribution in [2.45, 2.75) is 39.2 Å². The van der Waals surface area contributed by atoms with Crippen LogP contribution in [0.15, 0.2) is 18.2 Å². The number of halogens is 2. The van der Waals surface area contributed by atoms with Gasteiger partial charge in [0.2, 0.25) is 0 Å². The van der Waals surface area contributed by atoms with Gasteiger partial charge in [0.15, 0.2) is 0 Å². The normalized spacial score (nSPS) is 10.2. The van der Waals surface area contributed by atoms with Crippen LogP contribution >= 0.6 is 23.2 Å². The summed E-state index contributed by atoms with van der Waals surface area (Å²) in [6, 6.07) is 4.90. The number of urea groups is 1. The number of unbranched alkanes of at least 4 members (excludes halogenated alkanes) is 2. The minimum Gasteiger partial charge on any atom is -0.466 e. The Labute approximate surface area is 146 Å². The molecule has 0 saturated heterocycles. The lowest BCUT2D eigenvalue weighted by Crippen LogP contribution is -2.35. The van der Waals surface area contributed by atoms with Crippen LogP contribution in [-0.4, -0.2) is 25.2 Å². The molecular formula is C16H22Cl2N2O3. The number of hydrogen-bond donors (Lipinski definition) is 2. The van der Waals surface area contributed by atoms with Gasteiger partial charge < -0.3 is 15.4 Å². The van der Waals surface area contributed by atoms with Gasteiger partial charge >= 0.3 is 12.0 Å². The van der Waals surface area contributed by atoms with Crippen molar-refractivity contribution in [2.24, 2.45) is 0 Å². The second-order valence-corrected chi connectivity index (χ2v) is 5.80. The third kappa shape index (κ3) is 8.67. The molecule has 0 aliphatic heterocycles. The monoisotopic (exact) mass is 360 g/mol. The number of rotatable bonds is 9. The van der Waals surface area contributed by atoms with Gasteiger partial charge in [-0.15, -0.1) is 0 Å². The van der Waals surface area contributed by atoms with E-state index in [1.54, 1.807) is 25.1 Å². The molecular weight excluding hydrogens is 339 g/mol. The van der Waals surface area contributed by atoms with Gasteiger partial charge in [-0.2, -0.15) is 0 Å². The summed E-state index contributed by atoms with van der Waals surface area (Å²) in [5.41, 5.74) is 0.806. The summed E-state index contributed by atoms with van der Waals surface area (Å²) >= 11 is 11.8. The summed E-state index contributed by atoms with van der Waals surface area (Å²) < 4.78 is 4.84. The summed E-state index contributed by atoms with van der Waals surface area (Å²) in [5, 5.41) is 6.58. The molecule has 2 N–H and O–H groups in total. The summed E-state index contributed by atoms with van der Waals surface area (Å²) in [6.07, 6.45) is 2.87. The minimum absolute atomic E-state index is 0.168. The van der Waals surface area contributed by atoms with E-state index in [1.807, 2.05) is 0 Å². The summed E-state index contributed by atoms with van der Waals surface area (Å²) in [7, 11) is 0. The molecule has 0 aliphatic carbocycles. The molecule has 5 nitrogen and oxygen atoms in total. The van der Waals surface area contributed by atoms with Crippen LogP contribution in [-0.2, 0) is 16.1 Å². The van der Waals surface area contributed by atoms with E-state index in [9.17, 15) is 9.59 Å². The maximum absolute atomic E-state index is 11.7. The Morgan fingerprint density at radius 1 is 1.13 bits per heavy atom. The number of esters is 1. The molecule has 23 heavy (non-hydrogen) atoms. The lowest BCUT2D eigenvalue weighted by molar-refractivity contribution is -0.143. The number of nitrogens with one attached hydrogen (secondary N) is 2. The van der Waals surface area contributed by atoms with E-state index in [0.29, 0.717) is 36.2 Å². The Bertz CT molecular complexity index is 524. The standard InChI is InChI=1S/C16H22Cl2N2O3/c1-2-23-15(21)6-4-3-5-9-19-16(22)20-11-12-7-8-13(17)10-14(12)18/h7-8,10H,2-6,9,11H2,1H3,(H2,19,20,22). The molecule has 128 valence electrons. The van der Waals surface area contributed by atoms with Crippen LogP contribution in [0.1, 0.15) is 38.2 Å². The Morgan fingerprint density at radius 3 is 2.61 bits per heavy atom. The number of carbonyl (C=O) groups excluding carboxylic acids is 2. The van der Waals surface area contributed by atoms with Gasteiger partial charge in [-0.1, -0.05) is 35.7 Å². The zero-order valence-electron chi connectivity index (χ0n) is 13.2. The average molecular weight is 361 g/mol. The van der Waals surface area contributed by atoms with Crippen molar-refractivity contribution < 1.29 is 14.3 Å². The van der Waals surface area contributed by atoms with Crippen LogP contribution < -0.4 is 10.6 Å². The predicted molar refractivity (Wildman–Crippen MR) is 91.8 cm³/mol. The molecule has 0 saturated carbocycles. The van der Waals surface area contributed by atoms with E-state index < -0.39 is 0 Å². The summed E-state index contributed by atoms with van der Waals surface area (Å²) in [5.74, 6) is -0.168. The molecule has 0 atom stereocenters. The third-order valence-electron chi connectivity index (χ3n) is 3.10. The molecule has 7 heteroatoms. The molecule has 0 unspecified atom stereocenters. The molecule has 1 rings (SSSR count). The van der Waals surface area contributed by atoms with Gasteiger partial charge in [-0.3, -0.25) is 4.79 Å². The lowest BCUT2D eigenvalue weighted by atomic mass is 10.2. The molecule has 0 fully saturated rings. The molecule has 1 aromatic carbocycles. The van der Waals surface area contributed by atoms with Gasteiger partial charge in [-0.25, -0.2) is 4.79 Å². The van der Waals surface area contributed by atoms with Crippen molar-refractivity contribution >= 4 is 35.2 Å². The first kappa shape index (κ1) is 19.6. The van der Waals surface area contributed by atoms with E-state index in [0.717, 1.165) is 24.8 Å². The van der Waals surface area contributed by atoms with Gasteiger partial charge in [-0.05, 0) is 37.5 Å². The number of ether oxygens (including phenoxy) is 1. The molecule has 0 aliphatic rings. The quantitative estimate of drug-likeness (QED) is 0.518. The number of carbonyl (C=O) groups is 2. The summed E-state index contributed by atoms with van der Waals surface area (Å²) in [6.45, 7) is 3.10. The van der Waals surface area contributed by atoms with Gasteiger partial charge in [0.05, 0.1) is 6.61 Å². The summed E-state index contributed by atoms with van der Waals surface area (Å²) in [4.78, 5) is 22.8. The van der Waals surface area contributed by atoms with E-state index in [1.165, 1.54) is 0 Å². The largest absolute Gasteiger partial charge is 0.466 e. The highest BCUT2D eigenvalue weighted by Crippen LogP contribution is 2.20. The first-order chi connectivity index (χ1) is 11.0. The van der Waals surface area contributed by atoms with Crippen molar-refractivity contribution in [3.63, 3.8) is 0 Å². The Hall–Kier alpha value is -1.46. The topological polar surface area (TPSA) is 67.4 Å². The number of amides is 2. The molecule has 0 spiro atoms. The zero-order chi connectivity index (χ0) is 17.1. The van der Waals surface area contributed by atoms with Gasteiger partial charge in [0.1, 0.15) is 0 Å². The predicted octanol–water partition coefficient (Wildman–Crippen LogP) is 3.92. The molecule has 0 radical (unpaired) electrons. The minimum atomic E-state index is -0.249. The second-order valence-electron chi connectivity index (χ2n) is 4.96. The fourth-order valence-corrected chi connectivity index (χ4v) is 2.38. The number of benzene rings is 1. The molecule has 2 amide bonds. The fraction of sp³-hybridized carbons (Fsp3) is 0.500. The van der Waals surface area contributed by atoms with E-state index >= 15 is 0 Å².